The van der Waals surface area contributed by atoms with Gasteiger partial charge in [0.15, 0.2) is 0 Å². The van der Waals surface area contributed by atoms with Gasteiger partial charge in [0.2, 0.25) is 11.0 Å². The zero-order valence-electron chi connectivity index (χ0n) is 9.20. The zero-order chi connectivity index (χ0) is 11.3. The molecule has 1 heterocycles. The molecule has 0 aliphatic heterocycles. The summed E-state index contributed by atoms with van der Waals surface area (Å²) in [5.74, 6) is 0.0544. The topological polar surface area (TPSA) is 66.9 Å². The summed E-state index contributed by atoms with van der Waals surface area (Å²) >= 11 is 1.49. The molecular weight excluding hydrogens is 212 g/mol. The van der Waals surface area contributed by atoms with Gasteiger partial charge >= 0.3 is 0 Å². The Morgan fingerprint density at radius 3 is 2.73 bits per heavy atom. The molecule has 0 saturated heterocycles. The quantitative estimate of drug-likeness (QED) is 0.794. The van der Waals surface area contributed by atoms with Crippen molar-refractivity contribution in [3.05, 3.63) is 5.01 Å². The molecule has 1 amide bonds. The third-order valence-corrected chi connectivity index (χ3v) is 2.40. The second-order valence-corrected chi connectivity index (χ2v) is 4.71. The SMILES string of the molecule is Cc1nnc(NCCC(=O)NC(C)C)s1. The molecule has 0 unspecified atom stereocenters. The van der Waals surface area contributed by atoms with E-state index in [-0.39, 0.29) is 11.9 Å². The van der Waals surface area contributed by atoms with Gasteiger partial charge in [0.25, 0.3) is 0 Å². The van der Waals surface area contributed by atoms with Crippen molar-refractivity contribution in [1.82, 2.24) is 15.5 Å². The first-order valence-electron chi connectivity index (χ1n) is 4.91. The Morgan fingerprint density at radius 1 is 1.47 bits per heavy atom. The standard InChI is InChI=1S/C9H16N4OS/c1-6(2)11-8(14)4-5-10-9-13-12-7(3)15-9/h6H,4-5H2,1-3H3,(H,10,13)(H,11,14). The number of aryl methyl sites for hydroxylation is 1. The number of nitrogens with zero attached hydrogens (tertiary/aromatic N) is 2. The smallest absolute Gasteiger partial charge is 0.221 e. The van der Waals surface area contributed by atoms with E-state index in [1.165, 1.54) is 11.3 Å². The Bertz CT molecular complexity index is 324. The maximum Gasteiger partial charge on any atom is 0.221 e. The number of anilines is 1. The monoisotopic (exact) mass is 228 g/mol. The van der Waals surface area contributed by atoms with E-state index in [0.717, 1.165) is 10.1 Å². The average Bonchev–Trinajstić information content (AvgIpc) is 2.50. The zero-order valence-corrected chi connectivity index (χ0v) is 10.0. The third kappa shape index (κ3) is 4.73. The molecule has 0 spiro atoms. The number of carbonyl (C=O) groups excluding carboxylic acids is 1. The highest BCUT2D eigenvalue weighted by atomic mass is 32.1. The van der Waals surface area contributed by atoms with Crippen molar-refractivity contribution in [2.75, 3.05) is 11.9 Å². The van der Waals surface area contributed by atoms with E-state index in [4.69, 9.17) is 0 Å². The van der Waals surface area contributed by atoms with Crippen LogP contribution in [0.3, 0.4) is 0 Å². The number of amides is 1. The lowest BCUT2D eigenvalue weighted by Crippen LogP contribution is -2.31. The van der Waals surface area contributed by atoms with Crippen LogP contribution in [0.2, 0.25) is 0 Å². The van der Waals surface area contributed by atoms with Crippen LogP contribution in [-0.2, 0) is 4.79 Å². The minimum atomic E-state index is 0.0544. The molecule has 5 nitrogen and oxygen atoms in total. The van der Waals surface area contributed by atoms with Gasteiger partial charge in [-0.2, -0.15) is 0 Å². The summed E-state index contributed by atoms with van der Waals surface area (Å²) in [5.41, 5.74) is 0. The fourth-order valence-corrected chi connectivity index (χ4v) is 1.66. The van der Waals surface area contributed by atoms with Crippen molar-refractivity contribution < 1.29 is 4.79 Å². The van der Waals surface area contributed by atoms with Crippen molar-refractivity contribution in [2.45, 2.75) is 33.2 Å². The predicted molar refractivity (Wildman–Crippen MR) is 61.0 cm³/mol. The summed E-state index contributed by atoms with van der Waals surface area (Å²) in [6, 6.07) is 0.196. The second-order valence-electron chi connectivity index (χ2n) is 3.53. The molecule has 0 aliphatic rings. The fourth-order valence-electron chi connectivity index (χ4n) is 1.05. The van der Waals surface area contributed by atoms with Crippen LogP contribution in [0.15, 0.2) is 0 Å². The highest BCUT2D eigenvalue weighted by Gasteiger charge is 2.03. The molecule has 2 N–H and O–H groups in total. The Balaban J connectivity index is 2.19. The Labute approximate surface area is 93.3 Å². The van der Waals surface area contributed by atoms with Crippen LogP contribution in [0.1, 0.15) is 25.3 Å². The minimum Gasteiger partial charge on any atom is -0.360 e. The van der Waals surface area contributed by atoms with Gasteiger partial charge in [0.1, 0.15) is 5.01 Å². The van der Waals surface area contributed by atoms with Crippen LogP contribution in [0.4, 0.5) is 5.13 Å². The fraction of sp³-hybridized carbons (Fsp3) is 0.667. The van der Waals surface area contributed by atoms with Gasteiger partial charge in [0.05, 0.1) is 0 Å². The van der Waals surface area contributed by atoms with Gasteiger partial charge in [-0.1, -0.05) is 11.3 Å². The van der Waals surface area contributed by atoms with Crippen molar-refractivity contribution in [3.63, 3.8) is 0 Å². The van der Waals surface area contributed by atoms with Gasteiger partial charge in [-0.15, -0.1) is 10.2 Å². The van der Waals surface area contributed by atoms with Crippen LogP contribution < -0.4 is 10.6 Å². The van der Waals surface area contributed by atoms with Crippen LogP contribution >= 0.6 is 11.3 Å². The molecule has 0 atom stereocenters. The summed E-state index contributed by atoms with van der Waals surface area (Å²) in [6.07, 6.45) is 0.455. The van der Waals surface area contributed by atoms with Gasteiger partial charge in [0, 0.05) is 19.0 Å². The van der Waals surface area contributed by atoms with Crippen LogP contribution in [0.25, 0.3) is 0 Å². The molecule has 6 heteroatoms. The normalized spacial score (nSPS) is 10.4. The molecule has 0 saturated carbocycles. The molecule has 84 valence electrons. The number of hydrogen-bond donors (Lipinski definition) is 2. The number of carbonyl (C=O) groups is 1. The first-order chi connectivity index (χ1) is 7.08. The predicted octanol–water partition coefficient (Wildman–Crippen LogP) is 1.17. The molecule has 1 aromatic rings. The molecule has 1 rings (SSSR count). The second kappa shape index (κ2) is 5.65. The highest BCUT2D eigenvalue weighted by molar-refractivity contribution is 7.15. The van der Waals surface area contributed by atoms with Gasteiger partial charge in [-0.3, -0.25) is 4.79 Å². The van der Waals surface area contributed by atoms with E-state index in [2.05, 4.69) is 20.8 Å². The summed E-state index contributed by atoms with van der Waals surface area (Å²) < 4.78 is 0. The van der Waals surface area contributed by atoms with Crippen molar-refractivity contribution in [2.24, 2.45) is 0 Å². The van der Waals surface area contributed by atoms with E-state index < -0.39 is 0 Å². The van der Waals surface area contributed by atoms with Crippen molar-refractivity contribution in [3.8, 4) is 0 Å². The minimum absolute atomic E-state index is 0.0544. The van der Waals surface area contributed by atoms with E-state index in [1.54, 1.807) is 0 Å². The lowest BCUT2D eigenvalue weighted by molar-refractivity contribution is -0.121. The maximum atomic E-state index is 11.3. The van der Waals surface area contributed by atoms with E-state index in [1.807, 2.05) is 20.8 Å². The highest BCUT2D eigenvalue weighted by Crippen LogP contribution is 2.12. The van der Waals surface area contributed by atoms with Crippen molar-refractivity contribution in [1.29, 1.82) is 0 Å². The number of rotatable bonds is 5. The number of aromatic nitrogens is 2. The molecule has 0 radical (unpaired) electrons. The van der Waals surface area contributed by atoms with Gasteiger partial charge < -0.3 is 10.6 Å². The summed E-state index contributed by atoms with van der Waals surface area (Å²) in [4.78, 5) is 11.3. The van der Waals surface area contributed by atoms with Crippen LogP contribution in [0, 0.1) is 6.92 Å². The molecular formula is C9H16N4OS. The first-order valence-corrected chi connectivity index (χ1v) is 5.73. The first kappa shape index (κ1) is 11.9. The largest absolute Gasteiger partial charge is 0.360 e. The van der Waals surface area contributed by atoms with Gasteiger partial charge in [-0.25, -0.2) is 0 Å². The number of hydrogen-bond acceptors (Lipinski definition) is 5. The molecule has 0 aliphatic carbocycles. The Hall–Kier alpha value is -1.17. The Morgan fingerprint density at radius 2 is 2.20 bits per heavy atom. The van der Waals surface area contributed by atoms with E-state index in [9.17, 15) is 4.79 Å². The molecule has 0 fully saturated rings. The van der Waals surface area contributed by atoms with Gasteiger partial charge in [-0.05, 0) is 20.8 Å². The third-order valence-electron chi connectivity index (χ3n) is 1.60. The summed E-state index contributed by atoms with van der Waals surface area (Å²) in [5, 5.41) is 15.3. The summed E-state index contributed by atoms with van der Waals surface area (Å²) in [7, 11) is 0. The average molecular weight is 228 g/mol. The number of nitrogens with one attached hydrogen (secondary N) is 2. The lowest BCUT2D eigenvalue weighted by Gasteiger charge is -2.07. The van der Waals surface area contributed by atoms with Crippen LogP contribution in [0.5, 0.6) is 0 Å². The lowest BCUT2D eigenvalue weighted by atomic mass is 10.3. The molecule has 0 bridgehead atoms. The van der Waals surface area contributed by atoms with Crippen molar-refractivity contribution >= 4 is 22.4 Å². The van der Waals surface area contributed by atoms with E-state index >= 15 is 0 Å². The maximum absolute atomic E-state index is 11.3. The van der Waals surface area contributed by atoms with Crippen LogP contribution in [-0.4, -0.2) is 28.7 Å². The summed E-state index contributed by atoms with van der Waals surface area (Å²) in [6.45, 7) is 6.38. The molecule has 0 aromatic carbocycles. The van der Waals surface area contributed by atoms with E-state index in [0.29, 0.717) is 13.0 Å². The Kier molecular flexibility index (Phi) is 4.48. The molecule has 15 heavy (non-hydrogen) atoms. The molecule has 1 aromatic heterocycles.